The molecule has 0 bridgehead atoms. The van der Waals surface area contributed by atoms with E-state index in [4.69, 9.17) is 15.2 Å². The molecule has 0 radical (unpaired) electrons. The zero-order chi connectivity index (χ0) is 14.0. The molecule has 1 saturated heterocycles. The van der Waals surface area contributed by atoms with Gasteiger partial charge in [-0.2, -0.15) is 0 Å². The van der Waals surface area contributed by atoms with Crippen LogP contribution < -0.4 is 15.2 Å². The van der Waals surface area contributed by atoms with Crippen molar-refractivity contribution in [3.63, 3.8) is 0 Å². The first kappa shape index (κ1) is 13.5. The number of nitrogens with two attached hydrogens (primary N) is 1. The molecule has 1 spiro atoms. The summed E-state index contributed by atoms with van der Waals surface area (Å²) in [6.07, 6.45) is 6.42. The third-order valence-corrected chi connectivity index (χ3v) is 4.13. The van der Waals surface area contributed by atoms with Crippen LogP contribution >= 0.6 is 0 Å². The standard InChI is InChI=1S/C16H22N2O2/c1-19-14-4-2-5-15-13(14)6-7-16(20-15)8-11-18(12-16)10-3-9-17/h2,4-7H,3,8-12,17H2,1H3. The summed E-state index contributed by atoms with van der Waals surface area (Å²) in [5.41, 5.74) is 6.46. The van der Waals surface area contributed by atoms with E-state index >= 15 is 0 Å². The van der Waals surface area contributed by atoms with Crippen molar-refractivity contribution < 1.29 is 9.47 Å². The van der Waals surface area contributed by atoms with Crippen molar-refractivity contribution in [3.8, 4) is 11.5 Å². The number of hydrogen-bond donors (Lipinski definition) is 1. The maximum atomic E-state index is 6.29. The Balaban J connectivity index is 1.77. The molecule has 2 aliphatic heterocycles. The SMILES string of the molecule is COc1cccc2c1C=CC1(CCN(CCCN)C1)O2. The van der Waals surface area contributed by atoms with E-state index in [1.807, 2.05) is 18.2 Å². The summed E-state index contributed by atoms with van der Waals surface area (Å²) in [7, 11) is 1.69. The second-order valence-corrected chi connectivity index (χ2v) is 5.54. The molecule has 108 valence electrons. The first-order chi connectivity index (χ1) is 9.76. The van der Waals surface area contributed by atoms with E-state index in [2.05, 4.69) is 17.1 Å². The van der Waals surface area contributed by atoms with E-state index in [0.29, 0.717) is 0 Å². The van der Waals surface area contributed by atoms with Gasteiger partial charge in [-0.25, -0.2) is 0 Å². The van der Waals surface area contributed by atoms with Crippen molar-refractivity contribution in [1.29, 1.82) is 0 Å². The molecule has 1 aromatic carbocycles. The first-order valence-electron chi connectivity index (χ1n) is 7.24. The van der Waals surface area contributed by atoms with Gasteiger partial charge in [0.1, 0.15) is 17.1 Å². The van der Waals surface area contributed by atoms with Gasteiger partial charge in [0.25, 0.3) is 0 Å². The Morgan fingerprint density at radius 3 is 3.15 bits per heavy atom. The lowest BCUT2D eigenvalue weighted by Crippen LogP contribution is -2.39. The number of likely N-dealkylation sites (tertiary alicyclic amines) is 1. The Hall–Kier alpha value is -1.52. The Bertz CT molecular complexity index is 515. The molecule has 0 saturated carbocycles. The third-order valence-electron chi connectivity index (χ3n) is 4.13. The largest absolute Gasteiger partial charge is 0.496 e. The molecule has 2 heterocycles. The molecule has 0 aromatic heterocycles. The lowest BCUT2D eigenvalue weighted by atomic mass is 9.97. The van der Waals surface area contributed by atoms with E-state index in [0.717, 1.165) is 56.1 Å². The van der Waals surface area contributed by atoms with E-state index in [-0.39, 0.29) is 5.60 Å². The first-order valence-corrected chi connectivity index (χ1v) is 7.24. The number of ether oxygens (including phenoxy) is 2. The molecule has 3 rings (SSSR count). The highest BCUT2D eigenvalue weighted by molar-refractivity contribution is 5.67. The van der Waals surface area contributed by atoms with Crippen molar-refractivity contribution >= 4 is 6.08 Å². The van der Waals surface area contributed by atoms with Crippen LogP contribution in [-0.2, 0) is 0 Å². The third kappa shape index (κ3) is 2.41. The fourth-order valence-electron chi connectivity index (χ4n) is 3.05. The molecule has 1 atom stereocenters. The number of methoxy groups -OCH3 is 1. The summed E-state index contributed by atoms with van der Waals surface area (Å²) in [6, 6.07) is 5.96. The van der Waals surface area contributed by atoms with E-state index < -0.39 is 0 Å². The molecule has 4 heteroatoms. The average molecular weight is 274 g/mol. The zero-order valence-electron chi connectivity index (χ0n) is 12.0. The van der Waals surface area contributed by atoms with E-state index in [9.17, 15) is 0 Å². The highest BCUT2D eigenvalue weighted by Gasteiger charge is 2.40. The fourth-order valence-corrected chi connectivity index (χ4v) is 3.05. The quantitative estimate of drug-likeness (QED) is 0.911. The number of nitrogens with zero attached hydrogens (tertiary/aromatic N) is 1. The summed E-state index contributed by atoms with van der Waals surface area (Å²) in [4.78, 5) is 2.43. The highest BCUT2D eigenvalue weighted by atomic mass is 16.5. The minimum atomic E-state index is -0.173. The maximum absolute atomic E-state index is 6.29. The van der Waals surface area contributed by atoms with Gasteiger partial charge in [-0.1, -0.05) is 6.07 Å². The predicted molar refractivity (Wildman–Crippen MR) is 80.1 cm³/mol. The van der Waals surface area contributed by atoms with Crippen LogP contribution in [0.4, 0.5) is 0 Å². The topological polar surface area (TPSA) is 47.7 Å². The monoisotopic (exact) mass is 274 g/mol. The van der Waals surface area contributed by atoms with Gasteiger partial charge in [0.15, 0.2) is 0 Å². The summed E-state index contributed by atoms with van der Waals surface area (Å²) in [5.74, 6) is 1.79. The van der Waals surface area contributed by atoms with E-state index in [1.54, 1.807) is 7.11 Å². The van der Waals surface area contributed by atoms with Gasteiger partial charge < -0.3 is 15.2 Å². The van der Waals surface area contributed by atoms with Crippen LogP contribution in [0.1, 0.15) is 18.4 Å². The molecule has 1 fully saturated rings. The van der Waals surface area contributed by atoms with Gasteiger partial charge in [0.05, 0.1) is 12.7 Å². The Kier molecular flexibility index (Phi) is 3.68. The Morgan fingerprint density at radius 2 is 2.35 bits per heavy atom. The Labute approximate surface area is 120 Å². The van der Waals surface area contributed by atoms with Crippen molar-refractivity contribution in [3.05, 3.63) is 29.8 Å². The van der Waals surface area contributed by atoms with Crippen molar-refractivity contribution in [2.24, 2.45) is 5.73 Å². The number of hydrogen-bond acceptors (Lipinski definition) is 4. The van der Waals surface area contributed by atoms with Gasteiger partial charge in [0.2, 0.25) is 0 Å². The number of benzene rings is 1. The zero-order valence-corrected chi connectivity index (χ0v) is 12.0. The maximum Gasteiger partial charge on any atom is 0.141 e. The van der Waals surface area contributed by atoms with Crippen LogP contribution in [0.3, 0.4) is 0 Å². The highest BCUT2D eigenvalue weighted by Crippen LogP contribution is 2.40. The summed E-state index contributed by atoms with van der Waals surface area (Å²) in [5, 5.41) is 0. The van der Waals surface area contributed by atoms with Crippen LogP contribution in [-0.4, -0.2) is 43.8 Å². The summed E-state index contributed by atoms with van der Waals surface area (Å²) < 4.78 is 11.7. The molecule has 1 unspecified atom stereocenters. The van der Waals surface area contributed by atoms with Gasteiger partial charge in [-0.3, -0.25) is 4.90 Å². The Morgan fingerprint density at radius 1 is 1.45 bits per heavy atom. The second kappa shape index (κ2) is 5.46. The average Bonchev–Trinajstić information content (AvgIpc) is 2.87. The molecular weight excluding hydrogens is 252 g/mol. The molecule has 0 amide bonds. The van der Waals surface area contributed by atoms with Gasteiger partial charge in [0, 0.05) is 19.5 Å². The molecule has 2 N–H and O–H groups in total. The number of rotatable bonds is 4. The van der Waals surface area contributed by atoms with Crippen molar-refractivity contribution in [2.75, 3.05) is 33.3 Å². The van der Waals surface area contributed by atoms with Gasteiger partial charge in [-0.05, 0) is 43.8 Å². The van der Waals surface area contributed by atoms with Crippen molar-refractivity contribution in [2.45, 2.75) is 18.4 Å². The van der Waals surface area contributed by atoms with Crippen LogP contribution in [0.5, 0.6) is 11.5 Å². The normalized spacial score (nSPS) is 24.7. The lowest BCUT2D eigenvalue weighted by Gasteiger charge is -2.32. The van der Waals surface area contributed by atoms with Crippen LogP contribution in [0, 0.1) is 0 Å². The molecule has 1 aromatic rings. The molecule has 2 aliphatic rings. The van der Waals surface area contributed by atoms with Gasteiger partial charge >= 0.3 is 0 Å². The summed E-state index contributed by atoms with van der Waals surface area (Å²) >= 11 is 0. The lowest BCUT2D eigenvalue weighted by molar-refractivity contribution is 0.122. The van der Waals surface area contributed by atoms with Crippen LogP contribution in [0.15, 0.2) is 24.3 Å². The second-order valence-electron chi connectivity index (χ2n) is 5.54. The molecule has 0 aliphatic carbocycles. The molecule has 4 nitrogen and oxygen atoms in total. The molecule has 20 heavy (non-hydrogen) atoms. The minimum absolute atomic E-state index is 0.173. The van der Waals surface area contributed by atoms with Crippen LogP contribution in [0.25, 0.3) is 6.08 Å². The minimum Gasteiger partial charge on any atom is -0.496 e. The predicted octanol–water partition coefficient (Wildman–Crippen LogP) is 1.89. The van der Waals surface area contributed by atoms with Gasteiger partial charge in [-0.15, -0.1) is 0 Å². The smallest absolute Gasteiger partial charge is 0.141 e. The summed E-state index contributed by atoms with van der Waals surface area (Å²) in [6.45, 7) is 3.82. The number of fused-ring (bicyclic) bond motifs is 1. The van der Waals surface area contributed by atoms with Crippen LogP contribution in [0.2, 0.25) is 0 Å². The fraction of sp³-hybridized carbons (Fsp3) is 0.500. The van der Waals surface area contributed by atoms with Crippen molar-refractivity contribution in [1.82, 2.24) is 4.90 Å². The molecular formula is C16H22N2O2. The van der Waals surface area contributed by atoms with E-state index in [1.165, 1.54) is 0 Å².